The summed E-state index contributed by atoms with van der Waals surface area (Å²) in [6.07, 6.45) is 1.63. The number of aromatic nitrogens is 1. The lowest BCUT2D eigenvalue weighted by molar-refractivity contribution is -0.121. The first-order chi connectivity index (χ1) is 15.7. The molecular formula is C27H23N3O2. The predicted molar refractivity (Wildman–Crippen MR) is 125 cm³/mol. The van der Waals surface area contributed by atoms with Crippen molar-refractivity contribution in [1.82, 2.24) is 9.88 Å². The Bertz CT molecular complexity index is 1150. The Labute approximate surface area is 187 Å². The molecule has 32 heavy (non-hydrogen) atoms. The smallest absolute Gasteiger partial charge is 0.255 e. The number of amides is 2. The Morgan fingerprint density at radius 2 is 1.34 bits per heavy atom. The summed E-state index contributed by atoms with van der Waals surface area (Å²) in [4.78, 5) is 33.2. The van der Waals surface area contributed by atoms with Gasteiger partial charge in [0, 0.05) is 24.0 Å². The third-order valence-corrected chi connectivity index (χ3v) is 5.05. The largest absolute Gasteiger partial charge is 0.324 e. The van der Waals surface area contributed by atoms with E-state index in [1.807, 2.05) is 84.9 Å². The molecule has 3 aromatic carbocycles. The van der Waals surface area contributed by atoms with Crippen LogP contribution in [0.4, 0.5) is 5.69 Å². The van der Waals surface area contributed by atoms with E-state index in [0.29, 0.717) is 16.9 Å². The van der Waals surface area contributed by atoms with Crippen LogP contribution in [0.5, 0.6) is 0 Å². The van der Waals surface area contributed by atoms with Gasteiger partial charge in [-0.15, -0.1) is 0 Å². The van der Waals surface area contributed by atoms with Gasteiger partial charge in [-0.3, -0.25) is 14.6 Å². The molecule has 0 bridgehead atoms. The fourth-order valence-corrected chi connectivity index (χ4v) is 3.51. The lowest BCUT2D eigenvalue weighted by Crippen LogP contribution is -2.41. The van der Waals surface area contributed by atoms with Gasteiger partial charge in [-0.1, -0.05) is 72.8 Å². The second-order valence-electron chi connectivity index (χ2n) is 7.30. The normalized spacial score (nSPS) is 11.4. The van der Waals surface area contributed by atoms with E-state index in [2.05, 4.69) is 10.3 Å². The number of hydrogen-bond acceptors (Lipinski definition) is 3. The van der Waals surface area contributed by atoms with Crippen molar-refractivity contribution < 1.29 is 9.59 Å². The first kappa shape index (κ1) is 21.0. The van der Waals surface area contributed by atoms with Crippen LogP contribution < -0.4 is 5.32 Å². The Kier molecular flexibility index (Phi) is 6.68. The number of hydrogen-bond donors (Lipinski definition) is 1. The summed E-state index contributed by atoms with van der Waals surface area (Å²) >= 11 is 0. The van der Waals surface area contributed by atoms with Crippen LogP contribution >= 0.6 is 0 Å². The van der Waals surface area contributed by atoms with Gasteiger partial charge in [0.1, 0.15) is 0 Å². The number of benzene rings is 3. The third-order valence-electron chi connectivity index (χ3n) is 5.05. The van der Waals surface area contributed by atoms with Gasteiger partial charge in [0.2, 0.25) is 0 Å². The highest BCUT2D eigenvalue weighted by atomic mass is 16.2. The van der Waals surface area contributed by atoms with Gasteiger partial charge in [0.25, 0.3) is 11.8 Å². The summed E-state index contributed by atoms with van der Waals surface area (Å²) in [7, 11) is 0. The van der Waals surface area contributed by atoms with Crippen molar-refractivity contribution in [2.24, 2.45) is 0 Å². The van der Waals surface area contributed by atoms with E-state index in [1.165, 1.54) is 0 Å². The zero-order valence-electron chi connectivity index (χ0n) is 17.5. The summed E-state index contributed by atoms with van der Waals surface area (Å²) in [6, 6.07) is 32.3. The molecule has 1 heterocycles. The van der Waals surface area contributed by atoms with Crippen molar-refractivity contribution in [3.63, 3.8) is 0 Å². The minimum atomic E-state index is -0.913. The molecule has 4 rings (SSSR count). The van der Waals surface area contributed by atoms with E-state index in [0.717, 1.165) is 5.56 Å². The van der Waals surface area contributed by atoms with Crippen LogP contribution in [0.15, 0.2) is 115 Å². The highest BCUT2D eigenvalue weighted by Crippen LogP contribution is 2.26. The van der Waals surface area contributed by atoms with E-state index in [-0.39, 0.29) is 18.4 Å². The summed E-state index contributed by atoms with van der Waals surface area (Å²) in [6.45, 7) is 0.262. The molecule has 5 heteroatoms. The standard InChI is InChI=1S/C27H23N3O2/c31-26(29-23-16-8-3-9-17-23)25(24-18-10-11-19-28-24)30(20-21-12-4-1-5-13-21)27(32)22-14-6-2-7-15-22/h1-19,25H,20H2,(H,29,31). The van der Waals surface area contributed by atoms with Gasteiger partial charge in [-0.25, -0.2) is 0 Å². The van der Waals surface area contributed by atoms with E-state index >= 15 is 0 Å². The lowest BCUT2D eigenvalue weighted by Gasteiger charge is -2.31. The van der Waals surface area contributed by atoms with Gasteiger partial charge in [-0.05, 0) is 42.0 Å². The van der Waals surface area contributed by atoms with Crippen molar-refractivity contribution >= 4 is 17.5 Å². The highest BCUT2D eigenvalue weighted by molar-refractivity contribution is 6.01. The molecule has 5 nitrogen and oxygen atoms in total. The highest BCUT2D eigenvalue weighted by Gasteiger charge is 2.33. The van der Waals surface area contributed by atoms with Crippen molar-refractivity contribution in [1.29, 1.82) is 0 Å². The Hall–Kier alpha value is -4.25. The molecule has 4 aromatic rings. The number of nitrogens with zero attached hydrogens (tertiary/aromatic N) is 2. The molecule has 0 aliphatic heterocycles. The van der Waals surface area contributed by atoms with Gasteiger partial charge in [0.15, 0.2) is 6.04 Å². The number of carbonyl (C=O) groups excluding carboxylic acids is 2. The first-order valence-corrected chi connectivity index (χ1v) is 10.4. The van der Waals surface area contributed by atoms with Crippen LogP contribution in [0.25, 0.3) is 0 Å². The van der Waals surface area contributed by atoms with Gasteiger partial charge < -0.3 is 10.2 Å². The van der Waals surface area contributed by atoms with Crippen LogP contribution in [-0.4, -0.2) is 21.7 Å². The maximum Gasteiger partial charge on any atom is 0.255 e. The predicted octanol–water partition coefficient (Wildman–Crippen LogP) is 5.10. The topological polar surface area (TPSA) is 62.3 Å². The Morgan fingerprint density at radius 3 is 1.97 bits per heavy atom. The first-order valence-electron chi connectivity index (χ1n) is 10.4. The zero-order chi connectivity index (χ0) is 22.2. The molecule has 1 N–H and O–H groups in total. The molecular weight excluding hydrogens is 398 g/mol. The van der Waals surface area contributed by atoms with Crippen LogP contribution in [0.1, 0.15) is 27.7 Å². The van der Waals surface area contributed by atoms with E-state index in [1.54, 1.807) is 35.4 Å². The third kappa shape index (κ3) is 5.08. The van der Waals surface area contributed by atoms with Gasteiger partial charge in [0.05, 0.1) is 5.69 Å². The number of anilines is 1. The number of carbonyl (C=O) groups is 2. The number of para-hydroxylation sites is 1. The molecule has 0 radical (unpaired) electrons. The molecule has 1 unspecified atom stereocenters. The van der Waals surface area contributed by atoms with Crippen LogP contribution in [0.2, 0.25) is 0 Å². The average Bonchev–Trinajstić information content (AvgIpc) is 2.86. The minimum Gasteiger partial charge on any atom is -0.324 e. The summed E-state index contributed by atoms with van der Waals surface area (Å²) in [5.74, 6) is -0.566. The summed E-state index contributed by atoms with van der Waals surface area (Å²) in [5.41, 5.74) is 2.59. The van der Waals surface area contributed by atoms with Crippen molar-refractivity contribution in [2.45, 2.75) is 12.6 Å². The molecule has 1 aromatic heterocycles. The van der Waals surface area contributed by atoms with Crippen LogP contribution in [0.3, 0.4) is 0 Å². The molecule has 0 saturated carbocycles. The van der Waals surface area contributed by atoms with Crippen molar-refractivity contribution in [3.8, 4) is 0 Å². The summed E-state index contributed by atoms with van der Waals surface area (Å²) < 4.78 is 0. The fourth-order valence-electron chi connectivity index (χ4n) is 3.51. The maximum absolute atomic E-state index is 13.6. The molecule has 2 amide bonds. The average molecular weight is 422 g/mol. The minimum absolute atomic E-state index is 0.242. The molecule has 0 spiro atoms. The second kappa shape index (κ2) is 10.2. The quantitative estimate of drug-likeness (QED) is 0.451. The Balaban J connectivity index is 1.76. The molecule has 1 atom stereocenters. The summed E-state index contributed by atoms with van der Waals surface area (Å²) in [5, 5.41) is 2.94. The number of nitrogens with one attached hydrogen (secondary N) is 1. The van der Waals surface area contributed by atoms with E-state index < -0.39 is 6.04 Å². The molecule has 0 saturated heterocycles. The number of pyridine rings is 1. The van der Waals surface area contributed by atoms with Gasteiger partial charge >= 0.3 is 0 Å². The van der Waals surface area contributed by atoms with E-state index in [9.17, 15) is 9.59 Å². The second-order valence-corrected chi connectivity index (χ2v) is 7.30. The van der Waals surface area contributed by atoms with Crippen molar-refractivity contribution in [3.05, 3.63) is 132 Å². The molecule has 0 aliphatic carbocycles. The maximum atomic E-state index is 13.6. The molecule has 158 valence electrons. The molecule has 0 fully saturated rings. The van der Waals surface area contributed by atoms with Crippen LogP contribution in [0, 0.1) is 0 Å². The number of rotatable bonds is 7. The van der Waals surface area contributed by atoms with Gasteiger partial charge in [-0.2, -0.15) is 0 Å². The molecule has 0 aliphatic rings. The SMILES string of the molecule is O=C(Nc1ccccc1)C(c1ccccn1)N(Cc1ccccc1)C(=O)c1ccccc1. The van der Waals surface area contributed by atoms with Crippen molar-refractivity contribution in [2.75, 3.05) is 5.32 Å². The lowest BCUT2D eigenvalue weighted by atomic mass is 10.1. The fraction of sp³-hybridized carbons (Fsp3) is 0.0741. The monoisotopic (exact) mass is 421 g/mol. The Morgan fingerprint density at radius 1 is 0.750 bits per heavy atom. The van der Waals surface area contributed by atoms with E-state index in [4.69, 9.17) is 0 Å². The zero-order valence-corrected chi connectivity index (χ0v) is 17.5. The van der Waals surface area contributed by atoms with Crippen LogP contribution in [-0.2, 0) is 11.3 Å².